The van der Waals surface area contributed by atoms with Gasteiger partial charge in [-0.3, -0.25) is 9.59 Å². The molecule has 0 atom stereocenters. The Balaban J connectivity index is 0. The molecule has 2 aromatic rings. The zero-order valence-electron chi connectivity index (χ0n) is 20.6. The first-order valence-corrected chi connectivity index (χ1v) is 11.5. The van der Waals surface area contributed by atoms with Crippen LogP contribution in [0.3, 0.4) is 0 Å². The fraction of sp³-hybridized carbons (Fsp3) is 0.481. The molecule has 0 saturated carbocycles. The summed E-state index contributed by atoms with van der Waals surface area (Å²) in [5.74, 6) is 1.28. The Morgan fingerprint density at radius 3 is 1.60 bits per heavy atom. The highest BCUT2D eigenvalue weighted by Gasteiger charge is 1.98. The number of ketones is 2. The number of rotatable bonds is 8. The van der Waals surface area contributed by atoms with Crippen LogP contribution < -0.4 is 4.74 Å². The van der Waals surface area contributed by atoms with Crippen LogP contribution in [0.25, 0.3) is 0 Å². The Bertz CT molecular complexity index is 764. The summed E-state index contributed by atoms with van der Waals surface area (Å²) < 4.78 is 19.2. The van der Waals surface area contributed by atoms with Gasteiger partial charge in [-0.05, 0) is 62.1 Å². The highest BCUT2D eigenvalue weighted by molar-refractivity contribution is 6.17. The predicted molar refractivity (Wildman–Crippen MR) is 140 cm³/mol. The van der Waals surface area contributed by atoms with Crippen molar-refractivity contribution >= 4 is 23.2 Å². The molecule has 0 spiro atoms. The van der Waals surface area contributed by atoms with Crippen molar-refractivity contribution in [3.8, 4) is 11.5 Å². The van der Waals surface area contributed by atoms with Gasteiger partial charge >= 0.3 is 0 Å². The van der Waals surface area contributed by atoms with E-state index in [4.69, 9.17) is 30.9 Å². The third-order valence-corrected chi connectivity index (χ3v) is 4.26. The molecule has 0 amide bonds. The fourth-order valence-electron chi connectivity index (χ4n) is 2.53. The van der Waals surface area contributed by atoms with E-state index in [1.54, 1.807) is 52.3 Å². The van der Waals surface area contributed by atoms with Crippen molar-refractivity contribution in [2.24, 2.45) is 0 Å². The van der Waals surface area contributed by atoms with Gasteiger partial charge in [0.1, 0.15) is 29.1 Å². The van der Waals surface area contributed by atoms with Gasteiger partial charge in [0, 0.05) is 40.3 Å². The molecule has 7 nitrogen and oxygen atoms in total. The zero-order valence-corrected chi connectivity index (χ0v) is 21.3. The van der Waals surface area contributed by atoms with Crippen LogP contribution in [0.15, 0.2) is 48.5 Å². The third kappa shape index (κ3) is 21.8. The minimum atomic E-state index is 0. The smallest absolute Gasteiger partial charge is 0.188 e. The predicted octanol–water partition coefficient (Wildman–Crippen LogP) is 5.59. The normalized spacial score (nSPS) is 11.2. The lowest BCUT2D eigenvalue weighted by Gasteiger charge is -2.04. The van der Waals surface area contributed by atoms with E-state index in [0.29, 0.717) is 18.9 Å². The first kappa shape index (κ1) is 34.7. The highest BCUT2D eigenvalue weighted by Crippen LogP contribution is 2.12. The summed E-state index contributed by atoms with van der Waals surface area (Å²) >= 11 is 4.96. The number of benzene rings is 2. The Morgan fingerprint density at radius 1 is 0.857 bits per heavy atom. The van der Waals surface area contributed by atoms with Crippen molar-refractivity contribution in [3.05, 3.63) is 59.7 Å². The van der Waals surface area contributed by atoms with Crippen LogP contribution in [-0.2, 0) is 36.6 Å². The van der Waals surface area contributed by atoms with Gasteiger partial charge in [0.15, 0.2) is 6.79 Å². The van der Waals surface area contributed by atoms with Crippen LogP contribution in [0, 0.1) is 0 Å². The molecule has 0 bridgehead atoms. The lowest BCUT2D eigenvalue weighted by molar-refractivity contribution is -0.117. The molecule has 1 fully saturated rings. The van der Waals surface area contributed by atoms with Gasteiger partial charge in [0.2, 0.25) is 0 Å². The second-order valence-electron chi connectivity index (χ2n) is 7.34. The maximum absolute atomic E-state index is 10.8. The summed E-state index contributed by atoms with van der Waals surface area (Å²) in [6, 6.07) is 14.4. The molecule has 0 aliphatic carbocycles. The average molecular weight is 513 g/mol. The van der Waals surface area contributed by atoms with Crippen LogP contribution in [0.1, 0.15) is 45.2 Å². The van der Waals surface area contributed by atoms with Gasteiger partial charge in [0.25, 0.3) is 0 Å². The molecule has 0 aromatic heterocycles. The Hall–Kier alpha value is -2.45. The van der Waals surface area contributed by atoms with Gasteiger partial charge in [-0.25, -0.2) is 0 Å². The number of phenolic OH excluding ortho intramolecular Hbond substituents is 1. The molecule has 8 heteroatoms. The molecule has 1 saturated heterocycles. The minimum Gasteiger partial charge on any atom is -0.508 e. The lowest BCUT2D eigenvalue weighted by atomic mass is 10.1. The van der Waals surface area contributed by atoms with Crippen LogP contribution in [-0.4, -0.2) is 57.0 Å². The summed E-state index contributed by atoms with van der Waals surface area (Å²) in [4.78, 5) is 21.5. The van der Waals surface area contributed by atoms with Crippen LogP contribution in [0.4, 0.5) is 0 Å². The number of Topliss-reactive ketones (excluding diaryl/α,β-unsaturated/α-hetero) is 2. The molecule has 3 rings (SSSR count). The minimum absolute atomic E-state index is 0. The van der Waals surface area contributed by atoms with E-state index in [9.17, 15) is 9.59 Å². The quantitative estimate of drug-likeness (QED) is 0.364. The van der Waals surface area contributed by atoms with Gasteiger partial charge < -0.3 is 24.1 Å². The number of hydrogen-bond acceptors (Lipinski definition) is 7. The number of carbonyl (C=O) groups excluding carboxylic acids is 2. The Kier molecular flexibility index (Phi) is 23.1. The number of methoxy groups -OCH3 is 2. The van der Waals surface area contributed by atoms with Crippen molar-refractivity contribution in [3.63, 3.8) is 0 Å². The number of halogens is 1. The van der Waals surface area contributed by atoms with Gasteiger partial charge in [-0.2, -0.15) is 0 Å². The van der Waals surface area contributed by atoms with E-state index in [2.05, 4.69) is 4.74 Å². The van der Waals surface area contributed by atoms with Gasteiger partial charge in [-0.15, -0.1) is 0 Å². The standard InChI is InChI=1S/C11H14O3.C9H10O2.C4H8O.C2H5ClO.CH4/c1-9(12)7-10-3-5-11(6-4-10)14-8-13-2;1-7(10)6-8-2-4-9(11)5-3-8;1-2-4-5-3-1;1-4-2-3;/h3-6H,7-8H2,1-2H3;2-5,11H,6H2,1H3;1-4H2;2H2,1H3;1H4. The topological polar surface area (TPSA) is 91.3 Å². The number of carbonyl (C=O) groups is 2. The van der Waals surface area contributed by atoms with Crippen LogP contribution >= 0.6 is 11.6 Å². The summed E-state index contributed by atoms with van der Waals surface area (Å²) in [6.45, 7) is 5.37. The number of alkyl halides is 1. The molecule has 1 aliphatic heterocycles. The average Bonchev–Trinajstić information content (AvgIpc) is 3.40. The van der Waals surface area contributed by atoms with Crippen LogP contribution in [0.2, 0.25) is 0 Å². The van der Waals surface area contributed by atoms with Crippen molar-refractivity contribution in [1.29, 1.82) is 0 Å². The van der Waals surface area contributed by atoms with E-state index in [-0.39, 0.29) is 31.5 Å². The molecule has 198 valence electrons. The SMILES string of the molecule is C.C1CCOC1.CC(=O)Cc1ccc(O)cc1.COCCl.COCOc1ccc(CC(C)=O)cc1. The second-order valence-corrected chi connectivity index (χ2v) is 7.55. The summed E-state index contributed by atoms with van der Waals surface area (Å²) in [7, 11) is 3.12. The van der Waals surface area contributed by atoms with Crippen molar-refractivity contribution in [2.45, 2.75) is 47.0 Å². The monoisotopic (exact) mass is 512 g/mol. The largest absolute Gasteiger partial charge is 0.508 e. The molecule has 2 aromatic carbocycles. The van der Waals surface area contributed by atoms with Crippen molar-refractivity contribution in [1.82, 2.24) is 0 Å². The molecular weight excluding hydrogens is 472 g/mol. The first-order chi connectivity index (χ1) is 16.3. The highest BCUT2D eigenvalue weighted by atomic mass is 35.5. The van der Waals surface area contributed by atoms with E-state index in [1.165, 1.54) is 12.8 Å². The molecular formula is C27H41ClO7. The summed E-state index contributed by atoms with van der Waals surface area (Å²) in [5, 5.41) is 8.91. The fourth-order valence-corrected chi connectivity index (χ4v) is 2.53. The van der Waals surface area contributed by atoms with Gasteiger partial charge in [-0.1, -0.05) is 43.3 Å². The number of ether oxygens (including phenoxy) is 4. The molecule has 1 N–H and O–H groups in total. The molecule has 0 radical (unpaired) electrons. The van der Waals surface area contributed by atoms with E-state index < -0.39 is 0 Å². The van der Waals surface area contributed by atoms with Crippen molar-refractivity contribution < 1.29 is 33.6 Å². The van der Waals surface area contributed by atoms with Crippen LogP contribution in [0.5, 0.6) is 11.5 Å². The number of phenols is 1. The second kappa shape index (κ2) is 23.3. The Morgan fingerprint density at radius 2 is 1.29 bits per heavy atom. The molecule has 0 unspecified atom stereocenters. The van der Waals surface area contributed by atoms with E-state index in [0.717, 1.165) is 30.1 Å². The number of aromatic hydroxyl groups is 1. The lowest BCUT2D eigenvalue weighted by Crippen LogP contribution is -1.99. The third-order valence-electron chi connectivity index (χ3n) is 4.05. The van der Waals surface area contributed by atoms with Crippen molar-refractivity contribution in [2.75, 3.05) is 40.3 Å². The van der Waals surface area contributed by atoms with E-state index >= 15 is 0 Å². The molecule has 1 aliphatic rings. The number of hydrogen-bond donors (Lipinski definition) is 1. The maximum Gasteiger partial charge on any atom is 0.188 e. The van der Waals surface area contributed by atoms with E-state index in [1.807, 2.05) is 24.3 Å². The Labute approximate surface area is 215 Å². The zero-order chi connectivity index (χ0) is 25.6. The summed E-state index contributed by atoms with van der Waals surface area (Å²) in [5.41, 5.74) is 1.94. The first-order valence-electron chi connectivity index (χ1n) is 10.9. The molecule has 35 heavy (non-hydrogen) atoms. The molecule has 1 heterocycles. The van der Waals surface area contributed by atoms with Gasteiger partial charge in [0.05, 0.1) is 0 Å². The maximum atomic E-state index is 10.8. The summed E-state index contributed by atoms with van der Waals surface area (Å²) in [6.07, 6.45) is 3.48.